The third kappa shape index (κ3) is 4.32. The molecule has 0 radical (unpaired) electrons. The number of allylic oxidation sites excluding steroid dienone is 1. The fraction of sp³-hybridized carbons (Fsp3) is 0.667. The summed E-state index contributed by atoms with van der Waals surface area (Å²) >= 11 is 2.27. The van der Waals surface area contributed by atoms with Crippen molar-refractivity contribution in [3.05, 3.63) is 9.66 Å². The van der Waals surface area contributed by atoms with Crippen LogP contribution in [0.2, 0.25) is 0 Å². The molecule has 0 nitrogen and oxygen atoms in total. The van der Waals surface area contributed by atoms with Gasteiger partial charge in [-0.1, -0.05) is 41.5 Å². The lowest BCUT2D eigenvalue weighted by atomic mass is 10.2. The van der Waals surface area contributed by atoms with Crippen LogP contribution in [0.5, 0.6) is 0 Å². The molecule has 0 aliphatic rings. The molecule has 0 saturated heterocycles. The summed E-state index contributed by atoms with van der Waals surface area (Å²) < 4.78 is 2.14. The summed E-state index contributed by atoms with van der Waals surface area (Å²) in [6.07, 6.45) is 2.52. The average Bonchev–Trinajstić information content (AvgIpc) is 1.68. The van der Waals surface area contributed by atoms with Gasteiger partial charge in [-0.2, -0.15) is 0 Å². The summed E-state index contributed by atoms with van der Waals surface area (Å²) in [6, 6.07) is 0. The predicted octanol–water partition coefficient (Wildman–Crippen LogP) is 3.13. The van der Waals surface area contributed by atoms with Gasteiger partial charge in [0.1, 0.15) is 0 Å². The second kappa shape index (κ2) is 4.62. The van der Waals surface area contributed by atoms with E-state index in [1.54, 1.807) is 0 Å². The summed E-state index contributed by atoms with van der Waals surface area (Å²) in [5, 5.41) is 0. The minimum Gasteiger partial charge on any atom is -0.0673 e. The molecule has 1 heteroatoms. The van der Waals surface area contributed by atoms with Crippen LogP contribution in [-0.2, 0) is 0 Å². The molecule has 0 aromatic carbocycles. The van der Waals surface area contributed by atoms with E-state index < -0.39 is 0 Å². The van der Waals surface area contributed by atoms with Crippen LogP contribution in [-0.4, -0.2) is 0 Å². The number of rotatable bonds is 2. The normalized spacial score (nSPS) is 12.1. The summed E-state index contributed by atoms with van der Waals surface area (Å²) in [6.45, 7) is 4.36. The molecule has 0 saturated carbocycles. The van der Waals surface area contributed by atoms with Crippen LogP contribution >= 0.6 is 22.6 Å². The molecule has 0 aromatic heterocycles. The van der Waals surface area contributed by atoms with Crippen molar-refractivity contribution < 1.29 is 0 Å². The molecule has 7 heavy (non-hydrogen) atoms. The molecule has 0 fully saturated rings. The van der Waals surface area contributed by atoms with Gasteiger partial charge in [0.25, 0.3) is 0 Å². The number of hydrogen-bond acceptors (Lipinski definition) is 0. The van der Waals surface area contributed by atoms with Gasteiger partial charge in [-0.05, 0) is 17.4 Å². The molecule has 0 spiro atoms. The molecule has 0 heterocycles. The maximum Gasteiger partial charge on any atom is -0.0245 e. The third-order valence-corrected chi connectivity index (χ3v) is 1.89. The van der Waals surface area contributed by atoms with Gasteiger partial charge in [-0.25, -0.2) is 0 Å². The van der Waals surface area contributed by atoms with Gasteiger partial charge in [-0.3, -0.25) is 0 Å². The predicted molar refractivity (Wildman–Crippen MR) is 42.7 cm³/mol. The lowest BCUT2D eigenvalue weighted by Gasteiger charge is -1.90. The van der Waals surface area contributed by atoms with E-state index in [2.05, 4.69) is 40.5 Å². The van der Waals surface area contributed by atoms with E-state index in [-0.39, 0.29) is 0 Å². The van der Waals surface area contributed by atoms with Crippen LogP contribution in [0.25, 0.3) is 0 Å². The molecule has 0 aliphatic carbocycles. The highest BCUT2D eigenvalue weighted by Gasteiger charge is 1.80. The highest BCUT2D eigenvalue weighted by Crippen LogP contribution is 2.04. The van der Waals surface area contributed by atoms with Crippen LogP contribution < -0.4 is 0 Å². The Hall–Kier alpha value is 0.470. The minimum atomic E-state index is 1.25. The largest absolute Gasteiger partial charge is 0.0673 e. The van der Waals surface area contributed by atoms with E-state index in [0.29, 0.717) is 0 Å². The fourth-order valence-corrected chi connectivity index (χ4v) is 0.760. The van der Waals surface area contributed by atoms with E-state index in [4.69, 9.17) is 0 Å². The van der Waals surface area contributed by atoms with Crippen molar-refractivity contribution in [3.8, 4) is 0 Å². The minimum absolute atomic E-state index is 1.25. The Morgan fingerprint density at radius 3 is 2.43 bits per heavy atom. The Balaban J connectivity index is 3.17. The van der Waals surface area contributed by atoms with Crippen molar-refractivity contribution >= 4 is 22.6 Å². The van der Waals surface area contributed by atoms with Crippen LogP contribution in [0, 0.1) is 0 Å². The molecule has 0 bridgehead atoms. The first-order chi connectivity index (χ1) is 3.31. The highest BCUT2D eigenvalue weighted by molar-refractivity contribution is 14.1. The second-order valence-electron chi connectivity index (χ2n) is 1.71. The van der Waals surface area contributed by atoms with Crippen LogP contribution in [0.15, 0.2) is 9.66 Å². The summed E-state index contributed by atoms with van der Waals surface area (Å²) in [7, 11) is 0. The van der Waals surface area contributed by atoms with Gasteiger partial charge in [0.05, 0.1) is 0 Å². The van der Waals surface area contributed by atoms with Gasteiger partial charge in [0, 0.05) is 0 Å². The van der Waals surface area contributed by atoms with Crippen molar-refractivity contribution in [3.63, 3.8) is 0 Å². The summed E-state index contributed by atoms with van der Waals surface area (Å²) in [5.41, 5.74) is 1.49. The van der Waals surface area contributed by atoms with E-state index in [1.165, 1.54) is 18.4 Å². The van der Waals surface area contributed by atoms with Crippen molar-refractivity contribution in [2.45, 2.75) is 26.7 Å². The zero-order valence-electron chi connectivity index (χ0n) is 4.87. The Morgan fingerprint density at radius 1 is 1.71 bits per heavy atom. The third-order valence-electron chi connectivity index (χ3n) is 0.831. The van der Waals surface area contributed by atoms with Crippen molar-refractivity contribution in [2.75, 3.05) is 0 Å². The van der Waals surface area contributed by atoms with Crippen LogP contribution in [0.4, 0.5) is 0 Å². The molecule has 42 valence electrons. The molecule has 0 rings (SSSR count). The van der Waals surface area contributed by atoms with Gasteiger partial charge in [0.2, 0.25) is 0 Å². The van der Waals surface area contributed by atoms with Gasteiger partial charge < -0.3 is 0 Å². The summed E-state index contributed by atoms with van der Waals surface area (Å²) in [4.78, 5) is 0. The SMILES string of the molecule is CCC/C(C)=C/I. The molecule has 0 N–H and O–H groups in total. The Morgan fingerprint density at radius 2 is 2.29 bits per heavy atom. The van der Waals surface area contributed by atoms with Crippen molar-refractivity contribution in [1.82, 2.24) is 0 Å². The molecular weight excluding hydrogens is 199 g/mol. The van der Waals surface area contributed by atoms with E-state index in [1.807, 2.05) is 0 Å². The standard InChI is InChI=1S/C6H11I/c1-3-4-6(2)5-7/h5H,3-4H2,1-2H3/b6-5+. The molecular formula is C6H11I. The maximum absolute atomic E-state index is 2.27. The molecule has 0 aliphatic heterocycles. The number of halogens is 1. The molecule has 0 atom stereocenters. The zero-order valence-corrected chi connectivity index (χ0v) is 7.03. The van der Waals surface area contributed by atoms with Crippen LogP contribution in [0.3, 0.4) is 0 Å². The quantitative estimate of drug-likeness (QED) is 0.614. The summed E-state index contributed by atoms with van der Waals surface area (Å²) in [5.74, 6) is 0. The van der Waals surface area contributed by atoms with Gasteiger partial charge >= 0.3 is 0 Å². The monoisotopic (exact) mass is 210 g/mol. The Bertz CT molecular complexity index is 64.6. The first-order valence-corrected chi connectivity index (χ1v) is 3.81. The Labute approximate surface area is 59.1 Å². The van der Waals surface area contributed by atoms with E-state index in [0.717, 1.165) is 0 Å². The van der Waals surface area contributed by atoms with E-state index >= 15 is 0 Å². The van der Waals surface area contributed by atoms with Gasteiger partial charge in [0.15, 0.2) is 0 Å². The smallest absolute Gasteiger partial charge is 0.0245 e. The molecule has 0 aromatic rings. The van der Waals surface area contributed by atoms with E-state index in [9.17, 15) is 0 Å². The van der Waals surface area contributed by atoms with Crippen LogP contribution in [0.1, 0.15) is 26.7 Å². The molecule has 0 amide bonds. The first kappa shape index (κ1) is 7.47. The first-order valence-electron chi connectivity index (χ1n) is 2.57. The fourth-order valence-electron chi connectivity index (χ4n) is 0.449. The Kier molecular flexibility index (Phi) is 4.94. The lowest BCUT2D eigenvalue weighted by molar-refractivity contribution is 0.909. The second-order valence-corrected chi connectivity index (χ2v) is 2.33. The van der Waals surface area contributed by atoms with Crippen molar-refractivity contribution in [1.29, 1.82) is 0 Å². The van der Waals surface area contributed by atoms with Gasteiger partial charge in [-0.15, -0.1) is 0 Å². The van der Waals surface area contributed by atoms with Crippen molar-refractivity contribution in [2.24, 2.45) is 0 Å². The average molecular weight is 210 g/mol. The number of hydrogen-bond donors (Lipinski definition) is 0. The highest BCUT2D eigenvalue weighted by atomic mass is 127. The maximum atomic E-state index is 2.27. The topological polar surface area (TPSA) is 0 Å². The molecule has 0 unspecified atom stereocenters. The lowest BCUT2D eigenvalue weighted by Crippen LogP contribution is -1.69. The zero-order chi connectivity index (χ0) is 5.70.